The third-order valence-corrected chi connectivity index (χ3v) is 6.88. The summed E-state index contributed by atoms with van der Waals surface area (Å²) < 4.78 is -0.649. The average molecular weight is 410 g/mol. The van der Waals surface area contributed by atoms with Gasteiger partial charge in [-0.2, -0.15) is 9.28 Å². The monoisotopic (exact) mass is 409 g/mol. The van der Waals surface area contributed by atoms with Crippen molar-refractivity contribution in [3.05, 3.63) is 34.9 Å². The molecule has 3 N–H and O–H groups in total. The summed E-state index contributed by atoms with van der Waals surface area (Å²) in [6.45, 7) is 3.41. The molecule has 1 saturated heterocycles. The number of quaternary nitrogens is 1. The van der Waals surface area contributed by atoms with E-state index in [9.17, 15) is 19.8 Å². The number of hydrogen-bond donors (Lipinski definition) is 3. The third-order valence-electron chi connectivity index (χ3n) is 6.64. The quantitative estimate of drug-likeness (QED) is 0.663. The highest BCUT2D eigenvalue weighted by Gasteiger charge is 2.56. The van der Waals surface area contributed by atoms with Gasteiger partial charge in [0.2, 0.25) is 0 Å². The van der Waals surface area contributed by atoms with Gasteiger partial charge in [0.1, 0.15) is 19.0 Å². The van der Waals surface area contributed by atoms with Crippen LogP contribution in [0.3, 0.4) is 0 Å². The minimum Gasteiger partial charge on any atom is -0.435 e. The molecule has 1 aliphatic carbocycles. The molecule has 0 bridgehead atoms. The standard InChI is InChI=1S/C21H29ClN2O4/c1-2-15-6-8-21(28,9-7-15)18(16-4-3-5-17(22)14-16)19(25)24(20(26)27)12-10-23-11-13-24/h3-5,14-15,18,23,28H,2,6-13H2,1H3/p+1. The summed E-state index contributed by atoms with van der Waals surface area (Å²) in [6, 6.07) is 6.94. The molecule has 1 heterocycles. The zero-order chi connectivity index (χ0) is 20.4. The number of carboxylic acid groups (broad SMARTS) is 1. The Hall–Kier alpha value is -1.47. The average Bonchev–Trinajstić information content (AvgIpc) is 2.69. The molecule has 0 spiro atoms. The molecule has 2 fully saturated rings. The first-order valence-electron chi connectivity index (χ1n) is 10.2. The fourth-order valence-corrected chi connectivity index (χ4v) is 4.97. The van der Waals surface area contributed by atoms with Gasteiger partial charge in [0.15, 0.2) is 0 Å². The van der Waals surface area contributed by atoms with Crippen molar-refractivity contribution in [1.82, 2.24) is 5.32 Å². The van der Waals surface area contributed by atoms with Crippen molar-refractivity contribution in [3.63, 3.8) is 0 Å². The van der Waals surface area contributed by atoms with E-state index in [4.69, 9.17) is 11.6 Å². The van der Waals surface area contributed by atoms with Crippen LogP contribution in [0.25, 0.3) is 0 Å². The Morgan fingerprint density at radius 1 is 1.29 bits per heavy atom. The Morgan fingerprint density at radius 3 is 2.46 bits per heavy atom. The molecule has 28 heavy (non-hydrogen) atoms. The SMILES string of the molecule is CCC1CCC(O)(C(C(=O)[N+]2(C(=O)O)CCNCC2)c2cccc(Cl)c2)CC1. The molecule has 1 atom stereocenters. The molecule has 2 amide bonds. The van der Waals surface area contributed by atoms with Crippen molar-refractivity contribution in [2.75, 3.05) is 26.2 Å². The summed E-state index contributed by atoms with van der Waals surface area (Å²) in [4.78, 5) is 26.0. The number of benzene rings is 1. The highest BCUT2D eigenvalue weighted by molar-refractivity contribution is 6.30. The van der Waals surface area contributed by atoms with Crippen molar-refractivity contribution < 1.29 is 24.3 Å². The second kappa shape index (κ2) is 8.49. The second-order valence-electron chi connectivity index (χ2n) is 8.23. The highest BCUT2D eigenvalue weighted by Crippen LogP contribution is 2.45. The second-order valence-corrected chi connectivity index (χ2v) is 8.67. The van der Waals surface area contributed by atoms with Gasteiger partial charge in [-0.1, -0.05) is 37.1 Å². The van der Waals surface area contributed by atoms with E-state index >= 15 is 0 Å². The van der Waals surface area contributed by atoms with Gasteiger partial charge in [-0.3, -0.25) is 0 Å². The first-order valence-corrected chi connectivity index (χ1v) is 10.5. The van der Waals surface area contributed by atoms with Crippen LogP contribution >= 0.6 is 11.6 Å². The maximum Gasteiger partial charge on any atom is 0.521 e. The van der Waals surface area contributed by atoms with E-state index in [0.29, 0.717) is 42.4 Å². The minimum atomic E-state index is -1.25. The Bertz CT molecular complexity index is 725. The maximum atomic E-state index is 13.8. The Kier molecular flexibility index (Phi) is 6.44. The molecule has 1 aliphatic heterocycles. The Balaban J connectivity index is 2.03. The topological polar surface area (TPSA) is 86.6 Å². The van der Waals surface area contributed by atoms with Crippen LogP contribution < -0.4 is 5.32 Å². The van der Waals surface area contributed by atoms with Crippen molar-refractivity contribution in [2.24, 2.45) is 5.92 Å². The molecule has 1 aromatic carbocycles. The fraction of sp³-hybridized carbons (Fsp3) is 0.619. The largest absolute Gasteiger partial charge is 0.521 e. The van der Waals surface area contributed by atoms with Crippen molar-refractivity contribution in [2.45, 2.75) is 50.5 Å². The molecule has 154 valence electrons. The maximum absolute atomic E-state index is 13.8. The predicted molar refractivity (Wildman–Crippen MR) is 107 cm³/mol. The lowest BCUT2D eigenvalue weighted by atomic mass is 9.68. The number of rotatable bonds is 4. The predicted octanol–water partition coefficient (Wildman–Crippen LogP) is 3.38. The first-order chi connectivity index (χ1) is 13.3. The van der Waals surface area contributed by atoms with E-state index in [2.05, 4.69) is 12.2 Å². The Morgan fingerprint density at radius 2 is 1.93 bits per heavy atom. The number of imide groups is 1. The van der Waals surface area contributed by atoms with E-state index in [0.717, 1.165) is 19.3 Å². The number of piperazine rings is 1. The molecule has 7 heteroatoms. The zero-order valence-electron chi connectivity index (χ0n) is 16.4. The van der Waals surface area contributed by atoms with Crippen LogP contribution in [-0.2, 0) is 4.79 Å². The van der Waals surface area contributed by atoms with E-state index in [1.807, 2.05) is 0 Å². The van der Waals surface area contributed by atoms with Crippen LogP contribution in [0.5, 0.6) is 0 Å². The van der Waals surface area contributed by atoms with Crippen LogP contribution in [0.1, 0.15) is 50.5 Å². The fourth-order valence-electron chi connectivity index (χ4n) is 4.77. The normalized spacial score (nSPS) is 28.5. The van der Waals surface area contributed by atoms with Gasteiger partial charge >= 0.3 is 12.0 Å². The molecule has 1 aromatic rings. The number of halogens is 1. The lowest BCUT2D eigenvalue weighted by molar-refractivity contribution is -0.785. The molecule has 1 unspecified atom stereocenters. The molecule has 0 radical (unpaired) electrons. The number of amides is 2. The summed E-state index contributed by atoms with van der Waals surface area (Å²) >= 11 is 6.18. The van der Waals surface area contributed by atoms with Crippen molar-refractivity contribution in [3.8, 4) is 0 Å². The van der Waals surface area contributed by atoms with Crippen LogP contribution in [0.2, 0.25) is 5.02 Å². The van der Waals surface area contributed by atoms with E-state index in [-0.39, 0.29) is 13.1 Å². The number of carbonyl (C=O) groups is 2. The number of hydrogen-bond acceptors (Lipinski definition) is 4. The lowest BCUT2D eigenvalue weighted by Crippen LogP contribution is -2.67. The van der Waals surface area contributed by atoms with E-state index in [1.165, 1.54) is 0 Å². The third kappa shape index (κ3) is 3.96. The summed E-state index contributed by atoms with van der Waals surface area (Å²) in [5, 5.41) is 25.2. The summed E-state index contributed by atoms with van der Waals surface area (Å²) in [5.41, 5.74) is -0.647. The van der Waals surface area contributed by atoms with Gasteiger partial charge in [-0.05, 0) is 49.3 Å². The minimum absolute atomic E-state index is 0.179. The van der Waals surface area contributed by atoms with Gasteiger partial charge in [0.05, 0.1) is 5.60 Å². The van der Waals surface area contributed by atoms with Crippen LogP contribution in [0.4, 0.5) is 4.79 Å². The van der Waals surface area contributed by atoms with Crippen molar-refractivity contribution in [1.29, 1.82) is 0 Å². The van der Waals surface area contributed by atoms with Crippen LogP contribution in [0, 0.1) is 5.92 Å². The smallest absolute Gasteiger partial charge is 0.435 e. The number of nitrogens with one attached hydrogen (secondary N) is 1. The van der Waals surface area contributed by atoms with Gasteiger partial charge in [-0.25, -0.2) is 4.79 Å². The van der Waals surface area contributed by atoms with Gasteiger partial charge in [0.25, 0.3) is 0 Å². The molecule has 3 rings (SSSR count). The van der Waals surface area contributed by atoms with Crippen LogP contribution in [0.15, 0.2) is 24.3 Å². The summed E-state index contributed by atoms with van der Waals surface area (Å²) in [7, 11) is 0. The van der Waals surface area contributed by atoms with E-state index < -0.39 is 28.0 Å². The molecule has 1 saturated carbocycles. The Labute approximate surface area is 171 Å². The number of nitrogens with zero attached hydrogens (tertiary/aromatic N) is 1. The van der Waals surface area contributed by atoms with Gasteiger partial charge < -0.3 is 15.5 Å². The zero-order valence-corrected chi connectivity index (χ0v) is 17.1. The summed E-state index contributed by atoms with van der Waals surface area (Å²) in [5.74, 6) is -0.802. The number of aliphatic hydroxyl groups is 1. The molecular weight excluding hydrogens is 380 g/mol. The number of carbonyl (C=O) groups excluding carboxylic acids is 1. The molecule has 0 aromatic heterocycles. The highest BCUT2D eigenvalue weighted by atomic mass is 35.5. The first kappa shape index (κ1) is 21.2. The molecule has 6 nitrogen and oxygen atoms in total. The van der Waals surface area contributed by atoms with Gasteiger partial charge in [0, 0.05) is 18.1 Å². The van der Waals surface area contributed by atoms with Crippen molar-refractivity contribution >= 4 is 23.6 Å². The van der Waals surface area contributed by atoms with E-state index in [1.54, 1.807) is 24.3 Å². The molecular formula is C21H30ClN2O4+. The summed E-state index contributed by atoms with van der Waals surface area (Å²) in [6.07, 6.45) is 2.56. The van der Waals surface area contributed by atoms with Crippen LogP contribution in [-0.4, -0.2) is 58.5 Å². The lowest BCUT2D eigenvalue weighted by Gasteiger charge is -2.44. The molecule has 2 aliphatic rings. The van der Waals surface area contributed by atoms with Gasteiger partial charge in [-0.15, -0.1) is 0 Å².